The zero-order chi connectivity index (χ0) is 16.2. The summed E-state index contributed by atoms with van der Waals surface area (Å²) < 4.78 is 0. The Morgan fingerprint density at radius 3 is 1.19 bits per heavy atom. The fraction of sp³-hybridized carbons (Fsp3) is 0.714. The predicted octanol–water partition coefficient (Wildman–Crippen LogP) is 7.81. The second-order valence-corrected chi connectivity index (χ2v) is 5.61. The van der Waals surface area contributed by atoms with Crippen LogP contribution in [0.3, 0.4) is 0 Å². The van der Waals surface area contributed by atoms with Crippen molar-refractivity contribution >= 4 is 0 Å². The standard InChI is InChI=1S/C8H10.C7H16.C6H14/c1-2-8-6-4-3-5-7-8;1-3-5-7-6-4-2;1-3-5-6-4-2/h3-7H,2H2,1H3;3-7H2,1-2H3;3-6H2,1-2H3. The van der Waals surface area contributed by atoms with E-state index in [2.05, 4.69) is 58.9 Å². The smallest absolute Gasteiger partial charge is 0.0307 e. The molecule has 0 fully saturated rings. The Kier molecular flexibility index (Phi) is 23.1. The normalized spacial score (nSPS) is 9.19. The van der Waals surface area contributed by atoms with E-state index in [4.69, 9.17) is 0 Å². The predicted molar refractivity (Wildman–Crippen MR) is 100 cm³/mol. The second kappa shape index (κ2) is 21.5. The highest BCUT2D eigenvalue weighted by atomic mass is 13.9. The van der Waals surface area contributed by atoms with Crippen LogP contribution in [0.15, 0.2) is 30.3 Å². The lowest BCUT2D eigenvalue weighted by atomic mass is 10.2. The summed E-state index contributed by atoms with van der Waals surface area (Å²) >= 11 is 0. The van der Waals surface area contributed by atoms with Gasteiger partial charge in [-0.15, -0.1) is 0 Å². The van der Waals surface area contributed by atoms with Crippen LogP contribution in [0.5, 0.6) is 0 Å². The molecule has 0 N–H and O–H groups in total. The summed E-state index contributed by atoms with van der Waals surface area (Å²) in [5.41, 5.74) is 1.41. The number of hydrogen-bond acceptors (Lipinski definition) is 0. The van der Waals surface area contributed by atoms with Crippen LogP contribution in [0, 0.1) is 0 Å². The van der Waals surface area contributed by atoms with Crippen LogP contribution < -0.4 is 0 Å². The molecule has 0 unspecified atom stereocenters. The fourth-order valence-electron chi connectivity index (χ4n) is 1.89. The largest absolute Gasteiger partial charge is 0.0654 e. The fourth-order valence-corrected chi connectivity index (χ4v) is 1.89. The van der Waals surface area contributed by atoms with E-state index in [0.717, 1.165) is 6.42 Å². The highest BCUT2D eigenvalue weighted by Gasteiger charge is 1.80. The third-order valence-corrected chi connectivity index (χ3v) is 3.42. The van der Waals surface area contributed by atoms with Crippen molar-refractivity contribution in [2.24, 2.45) is 0 Å². The first-order chi connectivity index (χ1) is 10.3. The molecule has 0 saturated heterocycles. The van der Waals surface area contributed by atoms with Crippen LogP contribution in [-0.2, 0) is 6.42 Å². The summed E-state index contributed by atoms with van der Waals surface area (Å²) in [6.45, 7) is 11.1. The van der Waals surface area contributed by atoms with E-state index < -0.39 is 0 Å². The number of rotatable bonds is 8. The summed E-state index contributed by atoms with van der Waals surface area (Å²) in [7, 11) is 0. The molecule has 0 radical (unpaired) electrons. The molecular formula is C21H40. The minimum atomic E-state index is 1.14. The Hall–Kier alpha value is -0.780. The minimum Gasteiger partial charge on any atom is -0.0654 e. The number of unbranched alkanes of at least 4 members (excludes halogenated alkanes) is 7. The highest BCUT2D eigenvalue weighted by Crippen LogP contribution is 2.00. The maximum Gasteiger partial charge on any atom is -0.0307 e. The van der Waals surface area contributed by atoms with Crippen molar-refractivity contribution < 1.29 is 0 Å². The van der Waals surface area contributed by atoms with Crippen molar-refractivity contribution in [3.05, 3.63) is 35.9 Å². The molecule has 21 heavy (non-hydrogen) atoms. The first-order valence-electron chi connectivity index (χ1n) is 9.30. The van der Waals surface area contributed by atoms with Crippen LogP contribution in [0.25, 0.3) is 0 Å². The van der Waals surface area contributed by atoms with Crippen molar-refractivity contribution in [1.29, 1.82) is 0 Å². The Morgan fingerprint density at radius 2 is 0.905 bits per heavy atom. The van der Waals surface area contributed by atoms with Gasteiger partial charge >= 0.3 is 0 Å². The zero-order valence-corrected chi connectivity index (χ0v) is 15.5. The molecule has 0 aliphatic carbocycles. The maximum absolute atomic E-state index is 2.25. The Bertz CT molecular complexity index is 242. The molecule has 0 saturated carbocycles. The SMILES string of the molecule is CCCCCC.CCCCCCC.CCc1ccccc1. The van der Waals surface area contributed by atoms with E-state index in [1.807, 2.05) is 6.07 Å². The quantitative estimate of drug-likeness (QED) is 0.428. The van der Waals surface area contributed by atoms with Crippen molar-refractivity contribution in [3.8, 4) is 0 Å². The molecule has 124 valence electrons. The third kappa shape index (κ3) is 21.7. The van der Waals surface area contributed by atoms with Gasteiger partial charge in [0.25, 0.3) is 0 Å². The van der Waals surface area contributed by atoms with Gasteiger partial charge in [-0.25, -0.2) is 0 Å². The van der Waals surface area contributed by atoms with E-state index in [1.165, 1.54) is 63.4 Å². The first kappa shape index (κ1) is 22.5. The van der Waals surface area contributed by atoms with E-state index >= 15 is 0 Å². The molecule has 0 heterocycles. The van der Waals surface area contributed by atoms with Crippen molar-refractivity contribution in [1.82, 2.24) is 0 Å². The molecule has 0 atom stereocenters. The maximum atomic E-state index is 2.25. The second-order valence-electron chi connectivity index (χ2n) is 5.61. The average molecular weight is 293 g/mol. The summed E-state index contributed by atoms with van der Waals surface area (Å²) in [5.74, 6) is 0. The lowest BCUT2D eigenvalue weighted by molar-refractivity contribution is 0.656. The molecule has 1 aromatic carbocycles. The van der Waals surface area contributed by atoms with Crippen LogP contribution in [-0.4, -0.2) is 0 Å². The molecule has 0 aliphatic heterocycles. The van der Waals surface area contributed by atoms with Gasteiger partial charge in [0.15, 0.2) is 0 Å². The van der Waals surface area contributed by atoms with Gasteiger partial charge in [0.05, 0.1) is 0 Å². The number of hydrogen-bond donors (Lipinski definition) is 0. The molecule has 0 amide bonds. The minimum absolute atomic E-state index is 1.14. The van der Waals surface area contributed by atoms with Gasteiger partial charge < -0.3 is 0 Å². The summed E-state index contributed by atoms with van der Waals surface area (Å²) in [4.78, 5) is 0. The van der Waals surface area contributed by atoms with Gasteiger partial charge in [-0.1, -0.05) is 123 Å². The van der Waals surface area contributed by atoms with Gasteiger partial charge in [0.1, 0.15) is 0 Å². The molecule has 0 spiro atoms. The lowest BCUT2D eigenvalue weighted by Crippen LogP contribution is -1.73. The van der Waals surface area contributed by atoms with Crippen LogP contribution in [0.1, 0.15) is 98.0 Å². The van der Waals surface area contributed by atoms with Crippen LogP contribution in [0.2, 0.25) is 0 Å². The molecule has 0 aromatic heterocycles. The van der Waals surface area contributed by atoms with E-state index in [0.29, 0.717) is 0 Å². The highest BCUT2D eigenvalue weighted by molar-refractivity contribution is 5.13. The molecular weight excluding hydrogens is 252 g/mol. The third-order valence-electron chi connectivity index (χ3n) is 3.42. The van der Waals surface area contributed by atoms with Gasteiger partial charge in [-0.05, 0) is 12.0 Å². The van der Waals surface area contributed by atoms with E-state index in [-0.39, 0.29) is 0 Å². The van der Waals surface area contributed by atoms with Crippen LogP contribution in [0.4, 0.5) is 0 Å². The summed E-state index contributed by atoms with van der Waals surface area (Å²) in [5, 5.41) is 0. The lowest BCUT2D eigenvalue weighted by Gasteiger charge is -1.90. The zero-order valence-electron chi connectivity index (χ0n) is 15.5. The Morgan fingerprint density at radius 1 is 0.524 bits per heavy atom. The molecule has 0 heteroatoms. The molecule has 1 aromatic rings. The molecule has 0 nitrogen and oxygen atoms in total. The molecule has 0 aliphatic rings. The van der Waals surface area contributed by atoms with Crippen molar-refractivity contribution in [2.45, 2.75) is 98.8 Å². The van der Waals surface area contributed by atoms with Crippen LogP contribution >= 0.6 is 0 Å². The summed E-state index contributed by atoms with van der Waals surface area (Å²) in [6, 6.07) is 10.5. The number of benzene rings is 1. The summed E-state index contributed by atoms with van der Waals surface area (Å²) in [6.07, 6.45) is 13.7. The number of aryl methyl sites for hydroxylation is 1. The van der Waals surface area contributed by atoms with Gasteiger partial charge in [-0.2, -0.15) is 0 Å². The molecule has 0 bridgehead atoms. The Labute approximate surface area is 135 Å². The van der Waals surface area contributed by atoms with E-state index in [1.54, 1.807) is 0 Å². The average Bonchev–Trinajstić information content (AvgIpc) is 2.55. The Balaban J connectivity index is 0. The van der Waals surface area contributed by atoms with E-state index in [9.17, 15) is 0 Å². The van der Waals surface area contributed by atoms with Crippen molar-refractivity contribution in [2.75, 3.05) is 0 Å². The van der Waals surface area contributed by atoms with Gasteiger partial charge in [0.2, 0.25) is 0 Å². The van der Waals surface area contributed by atoms with Crippen molar-refractivity contribution in [3.63, 3.8) is 0 Å². The molecule has 1 rings (SSSR count). The first-order valence-corrected chi connectivity index (χ1v) is 9.30. The van der Waals surface area contributed by atoms with Gasteiger partial charge in [-0.3, -0.25) is 0 Å². The monoisotopic (exact) mass is 292 g/mol. The topological polar surface area (TPSA) is 0 Å². The van der Waals surface area contributed by atoms with Gasteiger partial charge in [0, 0.05) is 0 Å².